The quantitative estimate of drug-likeness (QED) is 0.757. The number of carbonyl (C=O) groups is 1. The normalized spacial score (nSPS) is 11.0. The van der Waals surface area contributed by atoms with E-state index in [2.05, 4.69) is 33.2 Å². The minimum Gasteiger partial charge on any atom is -0.350 e. The lowest BCUT2D eigenvalue weighted by atomic mass is 10.2. The fourth-order valence-corrected chi connectivity index (χ4v) is 3.39. The summed E-state index contributed by atoms with van der Waals surface area (Å²) in [5.41, 5.74) is 2.90. The van der Waals surface area contributed by atoms with Crippen molar-refractivity contribution >= 4 is 27.5 Å². The maximum Gasteiger partial charge on any atom is 0.267 e. The second kappa shape index (κ2) is 6.75. The molecule has 114 valence electrons. The van der Waals surface area contributed by atoms with Crippen LogP contribution in [0.25, 0.3) is 10.2 Å². The highest BCUT2D eigenvalue weighted by molar-refractivity contribution is 7.17. The van der Waals surface area contributed by atoms with Gasteiger partial charge in [-0.05, 0) is 36.1 Å². The van der Waals surface area contributed by atoms with Crippen molar-refractivity contribution in [1.29, 1.82) is 0 Å². The van der Waals surface area contributed by atoms with E-state index < -0.39 is 0 Å². The molecule has 0 aliphatic rings. The van der Waals surface area contributed by atoms with E-state index in [-0.39, 0.29) is 5.91 Å². The van der Waals surface area contributed by atoms with Crippen molar-refractivity contribution in [1.82, 2.24) is 14.9 Å². The van der Waals surface area contributed by atoms with Crippen LogP contribution in [0.4, 0.5) is 0 Å². The lowest BCUT2D eigenvalue weighted by Crippen LogP contribution is -2.28. The van der Waals surface area contributed by atoms with Crippen molar-refractivity contribution in [2.24, 2.45) is 0 Å². The molecular weight excluding hydrogens is 294 g/mol. The Kier molecular flexibility index (Phi) is 4.53. The van der Waals surface area contributed by atoms with E-state index >= 15 is 0 Å². The van der Waals surface area contributed by atoms with E-state index in [1.54, 1.807) is 17.5 Å². The Balaban J connectivity index is 1.69. The summed E-state index contributed by atoms with van der Waals surface area (Å²) in [5, 5.41) is 5.07. The summed E-state index contributed by atoms with van der Waals surface area (Å²) in [6.07, 6.45) is 3.53. The molecule has 3 rings (SSSR count). The molecular formula is C17H19N3OS. The zero-order chi connectivity index (χ0) is 15.4. The summed E-state index contributed by atoms with van der Waals surface area (Å²) in [6.45, 7) is 3.59. The number of nitrogens with one attached hydrogen (secondary N) is 1. The van der Waals surface area contributed by atoms with E-state index in [1.165, 1.54) is 4.70 Å². The number of amides is 1. The first-order chi connectivity index (χ1) is 10.8. The number of pyridine rings is 1. The predicted octanol–water partition coefficient (Wildman–Crippen LogP) is 3.48. The standard InChI is InChI=1S/C17H19N3OS/c1-2-10-20-14-7-11-22-16(14)12-15(20)17(21)19-9-6-13-5-3-4-8-18-13/h3-5,7-8,11-12H,2,6,9-10H2,1H3,(H,19,21). The van der Waals surface area contributed by atoms with E-state index in [1.807, 2.05) is 24.3 Å². The molecule has 4 nitrogen and oxygen atoms in total. The molecule has 0 fully saturated rings. The molecule has 3 aromatic rings. The fraction of sp³-hybridized carbons (Fsp3) is 0.294. The number of aryl methyl sites for hydroxylation is 1. The Morgan fingerprint density at radius 3 is 3.05 bits per heavy atom. The van der Waals surface area contributed by atoms with Gasteiger partial charge in [-0.25, -0.2) is 0 Å². The minimum absolute atomic E-state index is 0.00668. The van der Waals surface area contributed by atoms with Crippen molar-refractivity contribution in [3.8, 4) is 0 Å². The summed E-state index contributed by atoms with van der Waals surface area (Å²) in [7, 11) is 0. The van der Waals surface area contributed by atoms with Gasteiger partial charge in [0, 0.05) is 31.4 Å². The first-order valence-electron chi connectivity index (χ1n) is 7.54. The first-order valence-corrected chi connectivity index (χ1v) is 8.42. The van der Waals surface area contributed by atoms with Gasteiger partial charge in [0.05, 0.1) is 10.2 Å². The zero-order valence-corrected chi connectivity index (χ0v) is 13.4. The maximum atomic E-state index is 12.5. The number of hydrogen-bond donors (Lipinski definition) is 1. The Hall–Kier alpha value is -2.14. The smallest absolute Gasteiger partial charge is 0.267 e. The van der Waals surface area contributed by atoms with Crippen LogP contribution in [0.5, 0.6) is 0 Å². The highest BCUT2D eigenvalue weighted by Crippen LogP contribution is 2.25. The third kappa shape index (κ3) is 3.04. The van der Waals surface area contributed by atoms with Gasteiger partial charge in [0.25, 0.3) is 5.91 Å². The summed E-state index contributed by atoms with van der Waals surface area (Å²) in [4.78, 5) is 16.7. The summed E-state index contributed by atoms with van der Waals surface area (Å²) >= 11 is 1.68. The third-order valence-corrected chi connectivity index (χ3v) is 4.45. The number of rotatable bonds is 6. The van der Waals surface area contributed by atoms with Crippen LogP contribution in [0.3, 0.4) is 0 Å². The average Bonchev–Trinajstić information content (AvgIpc) is 3.11. The van der Waals surface area contributed by atoms with Gasteiger partial charge in [0.2, 0.25) is 0 Å². The third-order valence-electron chi connectivity index (χ3n) is 3.60. The van der Waals surface area contributed by atoms with Crippen LogP contribution in [0.15, 0.2) is 41.9 Å². The van der Waals surface area contributed by atoms with Crippen molar-refractivity contribution in [2.75, 3.05) is 6.54 Å². The molecule has 22 heavy (non-hydrogen) atoms. The van der Waals surface area contributed by atoms with E-state index in [0.29, 0.717) is 6.54 Å². The molecule has 1 N–H and O–H groups in total. The van der Waals surface area contributed by atoms with Gasteiger partial charge < -0.3 is 9.88 Å². The molecule has 0 aliphatic carbocycles. The molecule has 0 radical (unpaired) electrons. The van der Waals surface area contributed by atoms with Crippen LogP contribution in [0.2, 0.25) is 0 Å². The predicted molar refractivity (Wildman–Crippen MR) is 90.4 cm³/mol. The van der Waals surface area contributed by atoms with Crippen LogP contribution >= 0.6 is 11.3 Å². The van der Waals surface area contributed by atoms with Crippen molar-refractivity contribution in [2.45, 2.75) is 26.3 Å². The number of nitrogens with zero attached hydrogens (tertiary/aromatic N) is 2. The SMILES string of the molecule is CCCn1c(C(=O)NCCc2ccccn2)cc2sccc21. The van der Waals surface area contributed by atoms with Crippen molar-refractivity contribution in [3.63, 3.8) is 0 Å². The van der Waals surface area contributed by atoms with Gasteiger partial charge in [0.1, 0.15) is 5.69 Å². The van der Waals surface area contributed by atoms with E-state index in [9.17, 15) is 4.79 Å². The zero-order valence-electron chi connectivity index (χ0n) is 12.6. The van der Waals surface area contributed by atoms with Gasteiger partial charge >= 0.3 is 0 Å². The van der Waals surface area contributed by atoms with Crippen LogP contribution in [-0.2, 0) is 13.0 Å². The molecule has 0 unspecified atom stereocenters. The van der Waals surface area contributed by atoms with Crippen LogP contribution in [0.1, 0.15) is 29.5 Å². The molecule has 1 amide bonds. The number of hydrogen-bond acceptors (Lipinski definition) is 3. The van der Waals surface area contributed by atoms with Crippen molar-refractivity contribution < 1.29 is 4.79 Å². The molecule has 3 heterocycles. The fourth-order valence-electron chi connectivity index (χ4n) is 2.57. The van der Waals surface area contributed by atoms with E-state index in [4.69, 9.17) is 0 Å². The molecule has 0 bridgehead atoms. The second-order valence-electron chi connectivity index (χ2n) is 5.18. The topological polar surface area (TPSA) is 46.9 Å². The molecule has 0 aromatic carbocycles. The Labute approximate surface area is 133 Å². The highest BCUT2D eigenvalue weighted by atomic mass is 32.1. The summed E-state index contributed by atoms with van der Waals surface area (Å²) in [6, 6.07) is 9.91. The largest absolute Gasteiger partial charge is 0.350 e. The molecule has 0 atom stereocenters. The average molecular weight is 313 g/mol. The molecule has 0 aliphatic heterocycles. The Morgan fingerprint density at radius 1 is 1.36 bits per heavy atom. The van der Waals surface area contributed by atoms with Crippen molar-refractivity contribution in [3.05, 3.63) is 53.3 Å². The van der Waals surface area contributed by atoms with E-state index in [0.717, 1.165) is 36.3 Å². The van der Waals surface area contributed by atoms with Crippen LogP contribution < -0.4 is 5.32 Å². The number of carbonyl (C=O) groups excluding carboxylic acids is 1. The van der Waals surface area contributed by atoms with Gasteiger partial charge in [0.15, 0.2) is 0 Å². The van der Waals surface area contributed by atoms with Crippen LogP contribution in [0, 0.1) is 0 Å². The van der Waals surface area contributed by atoms with Gasteiger partial charge in [-0.3, -0.25) is 9.78 Å². The number of aromatic nitrogens is 2. The number of thiophene rings is 1. The molecule has 0 spiro atoms. The number of fused-ring (bicyclic) bond motifs is 1. The monoisotopic (exact) mass is 313 g/mol. The van der Waals surface area contributed by atoms with Gasteiger partial charge in [-0.1, -0.05) is 13.0 Å². The molecule has 5 heteroatoms. The van der Waals surface area contributed by atoms with Gasteiger partial charge in [-0.15, -0.1) is 11.3 Å². The minimum atomic E-state index is -0.00668. The van der Waals surface area contributed by atoms with Crippen LogP contribution in [-0.4, -0.2) is 22.0 Å². The maximum absolute atomic E-state index is 12.5. The lowest BCUT2D eigenvalue weighted by Gasteiger charge is -2.09. The lowest BCUT2D eigenvalue weighted by molar-refractivity contribution is 0.0945. The highest BCUT2D eigenvalue weighted by Gasteiger charge is 2.15. The molecule has 0 saturated carbocycles. The first kappa shape index (κ1) is 14.8. The molecule has 3 aromatic heterocycles. The Morgan fingerprint density at radius 2 is 2.27 bits per heavy atom. The summed E-state index contributed by atoms with van der Waals surface area (Å²) < 4.78 is 3.28. The summed E-state index contributed by atoms with van der Waals surface area (Å²) in [5.74, 6) is -0.00668. The second-order valence-corrected chi connectivity index (χ2v) is 6.13. The molecule has 0 saturated heterocycles. The Bertz CT molecular complexity index is 761. The van der Waals surface area contributed by atoms with Gasteiger partial charge in [-0.2, -0.15) is 0 Å².